The van der Waals surface area contributed by atoms with Crippen LogP contribution in [-0.4, -0.2) is 31.6 Å². The lowest BCUT2D eigenvalue weighted by molar-refractivity contribution is 0.294. The maximum Gasteiger partial charge on any atom is 0.130 e. The summed E-state index contributed by atoms with van der Waals surface area (Å²) >= 11 is 0. The predicted molar refractivity (Wildman–Crippen MR) is 68.3 cm³/mol. The Bertz CT molecular complexity index is 389. The molecule has 1 heterocycles. The highest BCUT2D eigenvalue weighted by molar-refractivity contribution is 5.18. The molecule has 1 aliphatic heterocycles. The number of benzene rings is 1. The molecule has 1 aromatic carbocycles. The molecule has 0 radical (unpaired) electrons. The van der Waals surface area contributed by atoms with Crippen LogP contribution >= 0.6 is 0 Å². The summed E-state index contributed by atoms with van der Waals surface area (Å²) in [5.74, 6) is -0.231. The molecule has 0 spiro atoms. The Balaban J connectivity index is 1.80. The number of hydrogen-bond acceptors (Lipinski definition) is 2. The zero-order valence-corrected chi connectivity index (χ0v) is 10.8. The third-order valence-electron chi connectivity index (χ3n) is 3.54. The molecule has 2 nitrogen and oxygen atoms in total. The third kappa shape index (κ3) is 3.75. The summed E-state index contributed by atoms with van der Waals surface area (Å²) < 4.78 is 26.3. The first kappa shape index (κ1) is 13.4. The molecule has 100 valence electrons. The Hall–Kier alpha value is -1.00. The fourth-order valence-electron chi connectivity index (χ4n) is 2.38. The van der Waals surface area contributed by atoms with Gasteiger partial charge in [-0.3, -0.25) is 0 Å². The van der Waals surface area contributed by atoms with Gasteiger partial charge < -0.3 is 10.2 Å². The van der Waals surface area contributed by atoms with E-state index in [2.05, 4.69) is 10.2 Å². The Morgan fingerprint density at radius 3 is 2.89 bits per heavy atom. The van der Waals surface area contributed by atoms with Crippen molar-refractivity contribution in [2.24, 2.45) is 5.92 Å². The first-order valence-electron chi connectivity index (χ1n) is 6.48. The highest BCUT2D eigenvalue weighted by Crippen LogP contribution is 2.15. The Morgan fingerprint density at radius 1 is 1.39 bits per heavy atom. The number of nitrogens with zero attached hydrogens (tertiary/aromatic N) is 1. The summed E-state index contributed by atoms with van der Waals surface area (Å²) in [4.78, 5) is 2.09. The van der Waals surface area contributed by atoms with E-state index in [0.29, 0.717) is 12.1 Å². The van der Waals surface area contributed by atoms with Crippen LogP contribution in [0.25, 0.3) is 0 Å². The van der Waals surface area contributed by atoms with Crippen LogP contribution < -0.4 is 5.32 Å². The zero-order valence-electron chi connectivity index (χ0n) is 10.8. The fraction of sp³-hybridized carbons (Fsp3) is 0.571. The third-order valence-corrected chi connectivity index (χ3v) is 3.54. The molecule has 1 aromatic rings. The van der Waals surface area contributed by atoms with Gasteiger partial charge in [0, 0.05) is 18.2 Å². The van der Waals surface area contributed by atoms with E-state index in [1.165, 1.54) is 18.6 Å². The van der Waals surface area contributed by atoms with E-state index in [9.17, 15) is 8.78 Å². The Labute approximate surface area is 107 Å². The highest BCUT2D eigenvalue weighted by Gasteiger charge is 2.15. The molecule has 4 heteroatoms. The normalized spacial score (nSPS) is 19.7. The van der Waals surface area contributed by atoms with Gasteiger partial charge >= 0.3 is 0 Å². The molecule has 18 heavy (non-hydrogen) atoms. The topological polar surface area (TPSA) is 15.3 Å². The van der Waals surface area contributed by atoms with Crippen LogP contribution in [0.2, 0.25) is 0 Å². The van der Waals surface area contributed by atoms with Gasteiger partial charge in [0.15, 0.2) is 0 Å². The van der Waals surface area contributed by atoms with Crippen molar-refractivity contribution in [2.75, 3.05) is 26.7 Å². The van der Waals surface area contributed by atoms with E-state index in [0.717, 1.165) is 38.0 Å². The van der Waals surface area contributed by atoms with Crippen LogP contribution in [0.15, 0.2) is 18.2 Å². The molecule has 0 bridgehead atoms. The summed E-state index contributed by atoms with van der Waals surface area (Å²) in [5.41, 5.74) is 0.559. The van der Waals surface area contributed by atoms with Crippen molar-refractivity contribution in [3.05, 3.63) is 35.4 Å². The molecule has 0 amide bonds. The lowest BCUT2D eigenvalue weighted by atomic mass is 10.0. The summed E-state index contributed by atoms with van der Waals surface area (Å²) in [6, 6.07) is 3.79. The number of halogens is 2. The van der Waals surface area contributed by atoms with E-state index in [-0.39, 0.29) is 0 Å². The van der Waals surface area contributed by atoms with E-state index < -0.39 is 11.6 Å². The average molecular weight is 254 g/mol. The standard InChI is InChI=1S/C14H20F2N2/c1-18(7-5-11-4-6-17-9-11)10-12-2-3-13(15)8-14(12)16/h2-3,8,11,17H,4-7,9-10H2,1H3. The van der Waals surface area contributed by atoms with Gasteiger partial charge in [0.05, 0.1) is 0 Å². The van der Waals surface area contributed by atoms with Crippen molar-refractivity contribution in [3.63, 3.8) is 0 Å². The van der Waals surface area contributed by atoms with Gasteiger partial charge in [-0.05, 0) is 51.5 Å². The van der Waals surface area contributed by atoms with E-state index in [1.54, 1.807) is 0 Å². The molecular formula is C14H20F2N2. The molecule has 1 aliphatic rings. The zero-order chi connectivity index (χ0) is 13.0. The van der Waals surface area contributed by atoms with Gasteiger partial charge in [-0.2, -0.15) is 0 Å². The van der Waals surface area contributed by atoms with E-state index >= 15 is 0 Å². The lowest BCUT2D eigenvalue weighted by Crippen LogP contribution is -2.22. The number of nitrogens with one attached hydrogen (secondary N) is 1. The van der Waals surface area contributed by atoms with Crippen LogP contribution in [0.4, 0.5) is 8.78 Å². The quantitative estimate of drug-likeness (QED) is 0.868. The summed E-state index contributed by atoms with van der Waals surface area (Å²) in [6.07, 6.45) is 2.37. The smallest absolute Gasteiger partial charge is 0.130 e. The monoisotopic (exact) mass is 254 g/mol. The van der Waals surface area contributed by atoms with Crippen molar-refractivity contribution in [2.45, 2.75) is 19.4 Å². The van der Waals surface area contributed by atoms with Crippen LogP contribution in [0.5, 0.6) is 0 Å². The van der Waals surface area contributed by atoms with Gasteiger partial charge in [-0.15, -0.1) is 0 Å². The SMILES string of the molecule is CN(CCC1CCNC1)Cc1ccc(F)cc1F. The minimum atomic E-state index is -0.518. The molecule has 0 saturated carbocycles. The van der Waals surface area contributed by atoms with E-state index in [1.807, 2.05) is 7.05 Å². The molecule has 0 aliphatic carbocycles. The minimum absolute atomic E-state index is 0.454. The maximum atomic E-state index is 13.5. The van der Waals surface area contributed by atoms with Crippen molar-refractivity contribution >= 4 is 0 Å². The van der Waals surface area contributed by atoms with Crippen molar-refractivity contribution in [1.82, 2.24) is 10.2 Å². The average Bonchev–Trinajstić information content (AvgIpc) is 2.83. The lowest BCUT2D eigenvalue weighted by Gasteiger charge is -2.19. The molecule has 1 fully saturated rings. The molecule has 1 N–H and O–H groups in total. The molecular weight excluding hydrogens is 234 g/mol. The van der Waals surface area contributed by atoms with Gasteiger partial charge in [-0.1, -0.05) is 6.07 Å². The van der Waals surface area contributed by atoms with Crippen molar-refractivity contribution in [3.8, 4) is 0 Å². The predicted octanol–water partition coefficient (Wildman–Crippen LogP) is 2.40. The fourth-order valence-corrected chi connectivity index (χ4v) is 2.38. The van der Waals surface area contributed by atoms with Gasteiger partial charge in [-0.25, -0.2) is 8.78 Å². The maximum absolute atomic E-state index is 13.5. The van der Waals surface area contributed by atoms with Gasteiger partial charge in [0.1, 0.15) is 11.6 Å². The second-order valence-corrected chi connectivity index (χ2v) is 5.12. The second kappa shape index (κ2) is 6.25. The minimum Gasteiger partial charge on any atom is -0.316 e. The van der Waals surface area contributed by atoms with Gasteiger partial charge in [0.2, 0.25) is 0 Å². The Morgan fingerprint density at radius 2 is 2.22 bits per heavy atom. The number of rotatable bonds is 5. The molecule has 0 aromatic heterocycles. The molecule has 1 saturated heterocycles. The van der Waals surface area contributed by atoms with Gasteiger partial charge in [0.25, 0.3) is 0 Å². The summed E-state index contributed by atoms with van der Waals surface area (Å²) in [5, 5.41) is 3.34. The van der Waals surface area contributed by atoms with E-state index in [4.69, 9.17) is 0 Å². The highest BCUT2D eigenvalue weighted by atomic mass is 19.1. The number of hydrogen-bond donors (Lipinski definition) is 1. The first-order valence-corrected chi connectivity index (χ1v) is 6.48. The Kier molecular flexibility index (Phi) is 4.66. The van der Waals surface area contributed by atoms with Crippen LogP contribution in [-0.2, 0) is 6.54 Å². The molecule has 1 atom stereocenters. The van der Waals surface area contributed by atoms with Crippen LogP contribution in [0.1, 0.15) is 18.4 Å². The van der Waals surface area contributed by atoms with Crippen LogP contribution in [0.3, 0.4) is 0 Å². The first-order chi connectivity index (χ1) is 8.65. The summed E-state index contributed by atoms with van der Waals surface area (Å²) in [6.45, 7) is 3.69. The molecule has 1 unspecified atom stereocenters. The van der Waals surface area contributed by atoms with Crippen LogP contribution in [0, 0.1) is 17.6 Å². The second-order valence-electron chi connectivity index (χ2n) is 5.12. The van der Waals surface area contributed by atoms with Crippen molar-refractivity contribution < 1.29 is 8.78 Å². The molecule has 2 rings (SSSR count). The largest absolute Gasteiger partial charge is 0.316 e. The van der Waals surface area contributed by atoms with Crippen molar-refractivity contribution in [1.29, 1.82) is 0 Å². The summed E-state index contributed by atoms with van der Waals surface area (Å²) in [7, 11) is 1.98.